The molecule has 0 fully saturated rings. The zero-order valence-electron chi connectivity index (χ0n) is 15.6. The van der Waals surface area contributed by atoms with Crippen molar-refractivity contribution in [1.82, 2.24) is 15.0 Å². The van der Waals surface area contributed by atoms with E-state index >= 15 is 0 Å². The second kappa shape index (κ2) is 12.9. The van der Waals surface area contributed by atoms with Crippen LogP contribution < -0.4 is 9.80 Å². The summed E-state index contributed by atoms with van der Waals surface area (Å²) in [5, 5.41) is 35.6. The van der Waals surface area contributed by atoms with Crippen molar-refractivity contribution in [1.29, 1.82) is 21.0 Å². The van der Waals surface area contributed by atoms with Gasteiger partial charge in [-0.05, 0) is 6.42 Å². The van der Waals surface area contributed by atoms with Gasteiger partial charge in [-0.2, -0.15) is 36.0 Å². The highest BCUT2D eigenvalue weighted by atomic mass is 15.3. The third kappa shape index (κ3) is 7.55. The van der Waals surface area contributed by atoms with Crippen LogP contribution in [0.15, 0.2) is 0 Å². The summed E-state index contributed by atoms with van der Waals surface area (Å²) in [5.74, 6) is 1.47. The largest absolute Gasteiger partial charge is 0.339 e. The van der Waals surface area contributed by atoms with Crippen LogP contribution in [-0.4, -0.2) is 41.1 Å². The van der Waals surface area contributed by atoms with E-state index in [1.807, 2.05) is 16.7 Å². The molecule has 0 aliphatic carbocycles. The Bertz CT molecular complexity index is 654. The molecule has 0 N–H and O–H groups in total. The van der Waals surface area contributed by atoms with E-state index in [0.29, 0.717) is 76.0 Å². The normalized spacial score (nSPS) is 9.52. The third-order valence-corrected chi connectivity index (χ3v) is 3.67. The predicted molar refractivity (Wildman–Crippen MR) is 99.2 cm³/mol. The second-order valence-electron chi connectivity index (χ2n) is 5.71. The minimum absolute atomic E-state index is 0.294. The number of nitrogens with zero attached hydrogens (tertiary/aromatic N) is 9. The Hall–Kier alpha value is -3.43. The first-order valence-corrected chi connectivity index (χ1v) is 8.92. The van der Waals surface area contributed by atoms with Gasteiger partial charge in [-0.15, -0.1) is 0 Å². The van der Waals surface area contributed by atoms with E-state index in [4.69, 9.17) is 21.0 Å². The summed E-state index contributed by atoms with van der Waals surface area (Å²) in [6.45, 7) is 3.70. The summed E-state index contributed by atoms with van der Waals surface area (Å²) in [6, 6.07) is 8.40. The van der Waals surface area contributed by atoms with E-state index in [9.17, 15) is 0 Å². The highest BCUT2D eigenvalue weighted by Crippen LogP contribution is 2.17. The van der Waals surface area contributed by atoms with Crippen molar-refractivity contribution in [2.24, 2.45) is 0 Å². The van der Waals surface area contributed by atoms with E-state index < -0.39 is 0 Å². The van der Waals surface area contributed by atoms with Crippen molar-refractivity contribution in [2.75, 3.05) is 36.0 Å². The van der Waals surface area contributed by atoms with Crippen LogP contribution >= 0.6 is 0 Å². The molecule has 0 aliphatic heterocycles. The van der Waals surface area contributed by atoms with Crippen LogP contribution in [0.3, 0.4) is 0 Å². The number of rotatable bonds is 12. The third-order valence-electron chi connectivity index (χ3n) is 3.67. The summed E-state index contributed by atoms with van der Waals surface area (Å²) < 4.78 is 0. The summed E-state index contributed by atoms with van der Waals surface area (Å²) in [7, 11) is 0. The Morgan fingerprint density at radius 3 is 1.33 bits per heavy atom. The Morgan fingerprint density at radius 2 is 1.04 bits per heavy atom. The van der Waals surface area contributed by atoms with Crippen molar-refractivity contribution < 1.29 is 0 Å². The fraction of sp³-hybridized carbons (Fsp3) is 0.611. The highest BCUT2D eigenvalue weighted by molar-refractivity contribution is 5.40. The van der Waals surface area contributed by atoms with Crippen LogP contribution in [0, 0.1) is 45.3 Å². The van der Waals surface area contributed by atoms with Crippen molar-refractivity contribution >= 4 is 11.9 Å². The van der Waals surface area contributed by atoms with Gasteiger partial charge in [0.05, 0.1) is 50.0 Å². The van der Waals surface area contributed by atoms with Crippen LogP contribution in [0.5, 0.6) is 0 Å². The first kappa shape index (κ1) is 21.6. The molecule has 0 saturated carbocycles. The monoisotopic (exact) mass is 365 g/mol. The molecule has 9 nitrogen and oxygen atoms in total. The highest BCUT2D eigenvalue weighted by Gasteiger charge is 2.17. The zero-order chi connectivity index (χ0) is 19.9. The minimum Gasteiger partial charge on any atom is -0.339 e. The van der Waals surface area contributed by atoms with Gasteiger partial charge in [0.25, 0.3) is 0 Å². The first-order valence-electron chi connectivity index (χ1n) is 8.92. The minimum atomic E-state index is 0.294. The number of aromatic nitrogens is 3. The summed E-state index contributed by atoms with van der Waals surface area (Å²) >= 11 is 0. The topological polar surface area (TPSA) is 140 Å². The van der Waals surface area contributed by atoms with E-state index in [1.165, 1.54) is 0 Å². The molecular weight excluding hydrogens is 342 g/mol. The van der Waals surface area contributed by atoms with Gasteiger partial charge in [0.15, 0.2) is 0 Å². The molecule has 0 bridgehead atoms. The van der Waals surface area contributed by atoms with E-state index in [0.717, 1.165) is 6.42 Å². The molecule has 1 rings (SSSR count). The maximum Gasteiger partial charge on any atom is 0.230 e. The Kier molecular flexibility index (Phi) is 10.3. The molecule has 140 valence electrons. The fourth-order valence-corrected chi connectivity index (χ4v) is 2.38. The molecule has 1 heterocycles. The number of hydrogen-bond donors (Lipinski definition) is 0. The maximum atomic E-state index is 8.90. The van der Waals surface area contributed by atoms with Gasteiger partial charge in [-0.1, -0.05) is 6.92 Å². The fourth-order valence-electron chi connectivity index (χ4n) is 2.38. The van der Waals surface area contributed by atoms with Gasteiger partial charge in [-0.25, -0.2) is 0 Å². The van der Waals surface area contributed by atoms with E-state index in [-0.39, 0.29) is 0 Å². The van der Waals surface area contributed by atoms with Gasteiger partial charge < -0.3 is 9.80 Å². The Morgan fingerprint density at radius 1 is 0.667 bits per heavy atom. The molecule has 1 aromatic heterocycles. The molecule has 0 amide bonds. The Balaban J connectivity index is 3.25. The average Bonchev–Trinajstić information content (AvgIpc) is 2.68. The SMILES string of the molecule is CCCc1nc(N(CCC#N)CCC#N)nc(N(CCC#N)CCC#N)n1. The maximum absolute atomic E-state index is 8.90. The number of nitriles is 4. The van der Waals surface area contributed by atoms with Gasteiger partial charge in [0.1, 0.15) is 5.82 Å². The molecular formula is C18H23N9. The molecule has 0 aromatic carbocycles. The van der Waals surface area contributed by atoms with Gasteiger partial charge in [0, 0.05) is 32.6 Å². The lowest BCUT2D eigenvalue weighted by atomic mass is 10.3. The van der Waals surface area contributed by atoms with Crippen LogP contribution in [-0.2, 0) is 6.42 Å². The van der Waals surface area contributed by atoms with E-state index in [2.05, 4.69) is 39.2 Å². The Labute approximate surface area is 160 Å². The molecule has 1 aromatic rings. The summed E-state index contributed by atoms with van der Waals surface area (Å²) in [6.07, 6.45) is 2.70. The lowest BCUT2D eigenvalue weighted by Crippen LogP contribution is -2.31. The molecule has 27 heavy (non-hydrogen) atoms. The lowest BCUT2D eigenvalue weighted by molar-refractivity contribution is 0.708. The number of aryl methyl sites for hydroxylation is 1. The van der Waals surface area contributed by atoms with Gasteiger partial charge >= 0.3 is 0 Å². The second-order valence-corrected chi connectivity index (χ2v) is 5.71. The zero-order valence-corrected chi connectivity index (χ0v) is 15.6. The predicted octanol–water partition coefficient (Wildman–Crippen LogP) is 2.09. The number of hydrogen-bond acceptors (Lipinski definition) is 9. The van der Waals surface area contributed by atoms with E-state index in [1.54, 1.807) is 0 Å². The smallest absolute Gasteiger partial charge is 0.230 e. The van der Waals surface area contributed by atoms with Crippen molar-refractivity contribution in [3.63, 3.8) is 0 Å². The van der Waals surface area contributed by atoms with Crippen molar-refractivity contribution in [3.8, 4) is 24.3 Å². The van der Waals surface area contributed by atoms with Crippen molar-refractivity contribution in [3.05, 3.63) is 5.82 Å². The van der Waals surface area contributed by atoms with Crippen LogP contribution in [0.25, 0.3) is 0 Å². The van der Waals surface area contributed by atoms with Crippen LogP contribution in [0.2, 0.25) is 0 Å². The van der Waals surface area contributed by atoms with Crippen LogP contribution in [0.4, 0.5) is 11.9 Å². The summed E-state index contributed by atoms with van der Waals surface area (Å²) in [4.78, 5) is 17.1. The molecule has 0 spiro atoms. The first-order chi connectivity index (χ1) is 13.2. The molecule has 0 saturated heterocycles. The molecule has 0 atom stereocenters. The molecule has 9 heteroatoms. The summed E-state index contributed by atoms with van der Waals surface area (Å²) in [5.41, 5.74) is 0. The lowest BCUT2D eigenvalue weighted by Gasteiger charge is -2.25. The molecule has 0 radical (unpaired) electrons. The van der Waals surface area contributed by atoms with Gasteiger partial charge in [0.2, 0.25) is 11.9 Å². The molecule has 0 unspecified atom stereocenters. The standard InChI is InChI=1S/C18H23N9/c1-2-7-16-23-17(26(12-3-8-19)13-4-9-20)25-18(24-16)27(14-5-10-21)15-6-11-22/h2-7,12-15H2,1H3. The van der Waals surface area contributed by atoms with Gasteiger partial charge in [-0.3, -0.25) is 0 Å². The quantitative estimate of drug-likeness (QED) is 0.544. The van der Waals surface area contributed by atoms with Crippen molar-refractivity contribution in [2.45, 2.75) is 45.4 Å². The number of anilines is 2. The van der Waals surface area contributed by atoms with Crippen LogP contribution in [0.1, 0.15) is 44.9 Å². The average molecular weight is 365 g/mol. The molecule has 0 aliphatic rings.